The fraction of sp³-hybridized carbons (Fsp3) is 0.722. The number of morpholine rings is 1. The fourth-order valence-electron chi connectivity index (χ4n) is 3.91. The molecule has 1 aromatic rings. The number of anilines is 1. The van der Waals surface area contributed by atoms with E-state index in [2.05, 4.69) is 23.7 Å². The van der Waals surface area contributed by atoms with Crippen LogP contribution in [0.1, 0.15) is 43.8 Å². The molecule has 3 heterocycles. The number of amides is 1. The Labute approximate surface area is 143 Å². The van der Waals surface area contributed by atoms with Gasteiger partial charge >= 0.3 is 0 Å². The van der Waals surface area contributed by atoms with Gasteiger partial charge in [-0.25, -0.2) is 9.97 Å². The summed E-state index contributed by atoms with van der Waals surface area (Å²) in [6, 6.07) is 0. The van der Waals surface area contributed by atoms with Gasteiger partial charge in [0.05, 0.1) is 24.4 Å². The van der Waals surface area contributed by atoms with Gasteiger partial charge < -0.3 is 14.5 Å². The lowest BCUT2D eigenvalue weighted by molar-refractivity contribution is -0.133. The van der Waals surface area contributed by atoms with Gasteiger partial charge in [0.2, 0.25) is 5.91 Å². The Balaban J connectivity index is 1.65. The Hall–Kier alpha value is -1.69. The van der Waals surface area contributed by atoms with Crippen molar-refractivity contribution in [1.82, 2.24) is 14.9 Å². The lowest BCUT2D eigenvalue weighted by Crippen LogP contribution is -2.47. The normalized spacial score (nSPS) is 27.1. The molecule has 2 fully saturated rings. The maximum atomic E-state index is 12.5. The number of rotatable bonds is 2. The number of carbonyl (C=O) groups is 1. The summed E-state index contributed by atoms with van der Waals surface area (Å²) in [5.74, 6) is 2.41. The van der Waals surface area contributed by atoms with Crippen LogP contribution < -0.4 is 4.90 Å². The third kappa shape index (κ3) is 2.99. The summed E-state index contributed by atoms with van der Waals surface area (Å²) in [5, 5.41) is 0. The molecule has 1 aromatic heterocycles. The highest BCUT2D eigenvalue weighted by Gasteiger charge is 2.36. The third-order valence-corrected chi connectivity index (χ3v) is 5.11. The second kappa shape index (κ2) is 5.99. The molecular weight excluding hydrogens is 304 g/mol. The molecule has 0 aromatic carbocycles. The topological polar surface area (TPSA) is 58.6 Å². The van der Waals surface area contributed by atoms with Crippen molar-refractivity contribution in [3.05, 3.63) is 17.1 Å². The van der Waals surface area contributed by atoms with Crippen molar-refractivity contribution in [2.45, 2.75) is 58.8 Å². The summed E-state index contributed by atoms with van der Waals surface area (Å²) in [7, 11) is 0. The number of carbonyl (C=O) groups excluding carboxylic acids is 1. The first-order chi connectivity index (χ1) is 11.5. The minimum atomic E-state index is 0.187. The summed E-state index contributed by atoms with van der Waals surface area (Å²) in [5.41, 5.74) is 2.26. The summed E-state index contributed by atoms with van der Waals surface area (Å²) in [6.45, 7) is 9.28. The van der Waals surface area contributed by atoms with E-state index in [4.69, 9.17) is 9.72 Å². The molecule has 6 heteroatoms. The predicted molar refractivity (Wildman–Crippen MR) is 90.8 cm³/mol. The molecular formula is C18H26N4O2. The van der Waals surface area contributed by atoms with Crippen molar-refractivity contribution in [3.8, 4) is 0 Å². The quantitative estimate of drug-likeness (QED) is 0.826. The van der Waals surface area contributed by atoms with Gasteiger partial charge in [0.25, 0.3) is 0 Å². The van der Waals surface area contributed by atoms with Crippen LogP contribution in [0.5, 0.6) is 0 Å². The zero-order chi connectivity index (χ0) is 16.8. The van der Waals surface area contributed by atoms with Crippen molar-refractivity contribution in [2.24, 2.45) is 5.92 Å². The third-order valence-electron chi connectivity index (χ3n) is 5.11. The van der Waals surface area contributed by atoms with Crippen molar-refractivity contribution < 1.29 is 9.53 Å². The zero-order valence-electron chi connectivity index (χ0n) is 14.8. The second-order valence-corrected chi connectivity index (χ2v) is 7.47. The first-order valence-electron chi connectivity index (χ1n) is 9.07. The summed E-state index contributed by atoms with van der Waals surface area (Å²) in [4.78, 5) is 26.2. The van der Waals surface area contributed by atoms with Crippen LogP contribution in [0.4, 0.5) is 5.82 Å². The lowest BCUT2D eigenvalue weighted by Gasteiger charge is -2.38. The highest BCUT2D eigenvalue weighted by Crippen LogP contribution is 2.34. The molecule has 6 nitrogen and oxygen atoms in total. The van der Waals surface area contributed by atoms with E-state index in [-0.39, 0.29) is 18.1 Å². The van der Waals surface area contributed by atoms with E-state index >= 15 is 0 Å². The molecule has 0 N–H and O–H groups in total. The lowest BCUT2D eigenvalue weighted by atomic mass is 10.0. The van der Waals surface area contributed by atoms with E-state index in [0.717, 1.165) is 61.8 Å². The molecule has 24 heavy (non-hydrogen) atoms. The van der Waals surface area contributed by atoms with E-state index in [0.29, 0.717) is 12.5 Å². The maximum absolute atomic E-state index is 12.5. The molecule has 1 saturated heterocycles. The number of hydrogen-bond acceptors (Lipinski definition) is 5. The fourth-order valence-corrected chi connectivity index (χ4v) is 3.91. The summed E-state index contributed by atoms with van der Waals surface area (Å²) in [6.07, 6.45) is 3.31. The molecule has 4 rings (SSSR count). The minimum absolute atomic E-state index is 0.187. The smallest absolute Gasteiger partial charge is 0.225 e. The van der Waals surface area contributed by atoms with Crippen LogP contribution in [0.25, 0.3) is 0 Å². The Kier molecular flexibility index (Phi) is 3.95. The molecule has 0 spiro atoms. The second-order valence-electron chi connectivity index (χ2n) is 7.47. The molecule has 2 aliphatic heterocycles. The number of aryl methyl sites for hydroxylation is 1. The van der Waals surface area contributed by atoms with E-state index in [1.54, 1.807) is 0 Å². The first kappa shape index (κ1) is 15.8. The van der Waals surface area contributed by atoms with Crippen LogP contribution >= 0.6 is 0 Å². The van der Waals surface area contributed by atoms with Crippen LogP contribution in [-0.4, -0.2) is 52.6 Å². The Bertz CT molecular complexity index is 649. The van der Waals surface area contributed by atoms with Gasteiger partial charge in [-0.3, -0.25) is 4.79 Å². The summed E-state index contributed by atoms with van der Waals surface area (Å²) < 4.78 is 5.86. The monoisotopic (exact) mass is 330 g/mol. The van der Waals surface area contributed by atoms with Crippen LogP contribution in [-0.2, 0) is 22.5 Å². The first-order valence-corrected chi connectivity index (χ1v) is 9.07. The van der Waals surface area contributed by atoms with Crippen LogP contribution in [0.3, 0.4) is 0 Å². The van der Waals surface area contributed by atoms with Crippen LogP contribution in [0.15, 0.2) is 0 Å². The number of fused-ring (bicyclic) bond motifs is 1. The van der Waals surface area contributed by atoms with Crippen molar-refractivity contribution in [2.75, 3.05) is 24.5 Å². The van der Waals surface area contributed by atoms with Crippen molar-refractivity contribution in [1.29, 1.82) is 0 Å². The zero-order valence-corrected chi connectivity index (χ0v) is 14.8. The highest BCUT2D eigenvalue weighted by molar-refractivity contribution is 5.81. The maximum Gasteiger partial charge on any atom is 0.225 e. The molecule has 3 aliphatic rings. The standard InChI is InChI=1S/C18H26N4O2/c1-11-8-22(9-12(2)24-11)17-15-10-21(18(23)14-4-5-14)7-6-16(15)19-13(3)20-17/h11-12,14H,4-10H2,1-3H3. The molecule has 2 atom stereocenters. The molecule has 1 aliphatic carbocycles. The number of nitrogens with zero attached hydrogens (tertiary/aromatic N) is 4. The number of ether oxygens (including phenoxy) is 1. The molecule has 0 radical (unpaired) electrons. The largest absolute Gasteiger partial charge is 0.372 e. The minimum Gasteiger partial charge on any atom is -0.372 e. The Morgan fingerprint density at radius 1 is 1.17 bits per heavy atom. The number of aromatic nitrogens is 2. The van der Waals surface area contributed by atoms with Gasteiger partial charge in [-0.05, 0) is 33.6 Å². The van der Waals surface area contributed by atoms with Crippen molar-refractivity contribution in [3.63, 3.8) is 0 Å². The van der Waals surface area contributed by atoms with Gasteiger partial charge in [0, 0.05) is 37.5 Å². The van der Waals surface area contributed by atoms with Gasteiger partial charge in [0.15, 0.2) is 0 Å². The molecule has 0 bridgehead atoms. The molecule has 1 saturated carbocycles. The van der Waals surface area contributed by atoms with Gasteiger partial charge in [-0.1, -0.05) is 0 Å². The SMILES string of the molecule is Cc1nc2c(c(N3CC(C)OC(C)C3)n1)CN(C(=O)C1CC1)CC2. The van der Waals surface area contributed by atoms with E-state index in [9.17, 15) is 4.79 Å². The molecule has 2 unspecified atom stereocenters. The molecule has 1 amide bonds. The van der Waals surface area contributed by atoms with E-state index in [1.165, 1.54) is 0 Å². The Morgan fingerprint density at radius 3 is 2.54 bits per heavy atom. The van der Waals surface area contributed by atoms with Crippen molar-refractivity contribution >= 4 is 11.7 Å². The predicted octanol–water partition coefficient (Wildman–Crippen LogP) is 1.69. The summed E-state index contributed by atoms with van der Waals surface area (Å²) >= 11 is 0. The Morgan fingerprint density at radius 2 is 1.88 bits per heavy atom. The van der Waals surface area contributed by atoms with E-state index in [1.807, 2.05) is 11.8 Å². The van der Waals surface area contributed by atoms with E-state index < -0.39 is 0 Å². The van der Waals surface area contributed by atoms with Gasteiger partial charge in [-0.15, -0.1) is 0 Å². The van der Waals surface area contributed by atoms with Gasteiger partial charge in [-0.2, -0.15) is 0 Å². The van der Waals surface area contributed by atoms with Crippen LogP contribution in [0.2, 0.25) is 0 Å². The number of hydrogen-bond donors (Lipinski definition) is 0. The molecule has 130 valence electrons. The van der Waals surface area contributed by atoms with Gasteiger partial charge in [0.1, 0.15) is 11.6 Å². The average Bonchev–Trinajstić information content (AvgIpc) is 3.37. The average molecular weight is 330 g/mol. The van der Waals surface area contributed by atoms with Crippen LogP contribution in [0, 0.1) is 12.8 Å². The highest BCUT2D eigenvalue weighted by atomic mass is 16.5.